The number of para-hydroxylation sites is 1. The average molecular weight is 253 g/mol. The van der Waals surface area contributed by atoms with Gasteiger partial charge in [0, 0.05) is 6.54 Å². The quantitative estimate of drug-likeness (QED) is 0.569. The maximum absolute atomic E-state index is 10.3. The van der Waals surface area contributed by atoms with Crippen molar-refractivity contribution >= 4 is 5.97 Å². The molecule has 0 bridgehead atoms. The largest absolute Gasteiger partial charge is 0.494 e. The second-order valence-corrected chi connectivity index (χ2v) is 3.97. The molecule has 1 atom stereocenters. The van der Waals surface area contributed by atoms with E-state index >= 15 is 0 Å². The smallest absolute Gasteiger partial charge is 0.306 e. The molecule has 5 nitrogen and oxygen atoms in total. The topological polar surface area (TPSA) is 78.8 Å². The third-order valence-electron chi connectivity index (χ3n) is 2.30. The molecule has 18 heavy (non-hydrogen) atoms. The van der Waals surface area contributed by atoms with Crippen LogP contribution in [0.3, 0.4) is 0 Å². The summed E-state index contributed by atoms with van der Waals surface area (Å²) in [7, 11) is 0. The first-order chi connectivity index (χ1) is 8.68. The number of benzene rings is 1. The maximum Gasteiger partial charge on any atom is 0.306 e. The van der Waals surface area contributed by atoms with Crippen molar-refractivity contribution in [3.05, 3.63) is 30.3 Å². The second kappa shape index (κ2) is 8.49. The first-order valence-corrected chi connectivity index (χ1v) is 5.97. The summed E-state index contributed by atoms with van der Waals surface area (Å²) >= 11 is 0. The lowest BCUT2D eigenvalue weighted by Gasteiger charge is -2.10. The van der Waals surface area contributed by atoms with Gasteiger partial charge in [0.05, 0.1) is 19.1 Å². The molecule has 100 valence electrons. The highest BCUT2D eigenvalue weighted by Crippen LogP contribution is 2.07. The number of rotatable bonds is 9. The number of aliphatic carboxylic acids is 1. The summed E-state index contributed by atoms with van der Waals surface area (Å²) in [6.07, 6.45) is -0.264. The van der Waals surface area contributed by atoms with Crippen LogP contribution in [0, 0.1) is 0 Å². The lowest BCUT2D eigenvalue weighted by Crippen LogP contribution is -2.29. The summed E-state index contributed by atoms with van der Waals surface area (Å²) in [5, 5.41) is 20.7. The Bertz CT molecular complexity index is 342. The lowest BCUT2D eigenvalue weighted by molar-refractivity contribution is -0.139. The molecule has 0 fully saturated rings. The Morgan fingerprint density at radius 1 is 1.33 bits per heavy atom. The van der Waals surface area contributed by atoms with Crippen LogP contribution in [0.2, 0.25) is 0 Å². The van der Waals surface area contributed by atoms with Gasteiger partial charge in [0.1, 0.15) is 5.75 Å². The van der Waals surface area contributed by atoms with Crippen molar-refractivity contribution in [2.24, 2.45) is 0 Å². The van der Waals surface area contributed by atoms with Crippen molar-refractivity contribution in [2.45, 2.75) is 18.9 Å². The van der Waals surface area contributed by atoms with Crippen LogP contribution in [0.15, 0.2) is 30.3 Å². The fraction of sp³-hybridized carbons (Fsp3) is 0.462. The van der Waals surface area contributed by atoms with Gasteiger partial charge < -0.3 is 20.3 Å². The van der Waals surface area contributed by atoms with E-state index < -0.39 is 12.1 Å². The molecule has 0 heterocycles. The summed E-state index contributed by atoms with van der Waals surface area (Å²) in [5.74, 6) is -0.153. The molecule has 0 amide bonds. The number of ether oxygens (including phenoxy) is 1. The van der Waals surface area contributed by atoms with E-state index in [4.69, 9.17) is 9.84 Å². The molecule has 0 aliphatic carbocycles. The van der Waals surface area contributed by atoms with E-state index in [2.05, 4.69) is 5.32 Å². The number of nitrogens with one attached hydrogen (secondary N) is 1. The van der Waals surface area contributed by atoms with Gasteiger partial charge in [0.25, 0.3) is 0 Å². The molecule has 5 heteroatoms. The predicted octanol–water partition coefficient (Wildman–Crippen LogP) is 0.881. The molecule has 0 saturated carbocycles. The van der Waals surface area contributed by atoms with E-state index in [9.17, 15) is 9.90 Å². The van der Waals surface area contributed by atoms with E-state index in [-0.39, 0.29) is 13.0 Å². The Balaban J connectivity index is 1.97. The minimum Gasteiger partial charge on any atom is -0.494 e. The van der Waals surface area contributed by atoms with Gasteiger partial charge in [-0.25, -0.2) is 0 Å². The number of hydrogen-bond acceptors (Lipinski definition) is 4. The molecule has 0 aliphatic heterocycles. The number of carboxylic acids is 1. The van der Waals surface area contributed by atoms with Crippen LogP contribution in [-0.4, -0.2) is 42.0 Å². The summed E-state index contributed by atoms with van der Waals surface area (Å²) in [4.78, 5) is 10.3. The van der Waals surface area contributed by atoms with Gasteiger partial charge in [-0.1, -0.05) is 18.2 Å². The minimum atomic E-state index is -0.989. The van der Waals surface area contributed by atoms with Crippen LogP contribution in [0.25, 0.3) is 0 Å². The molecule has 1 unspecified atom stereocenters. The highest BCUT2D eigenvalue weighted by Gasteiger charge is 2.07. The standard InChI is InChI=1S/C13H19NO4/c15-11(9-13(16)17)10-14-7-4-8-18-12-5-2-1-3-6-12/h1-3,5-6,11,14-15H,4,7-10H2,(H,16,17). The van der Waals surface area contributed by atoms with Gasteiger partial charge in [-0.05, 0) is 25.1 Å². The van der Waals surface area contributed by atoms with Crippen LogP contribution in [0.5, 0.6) is 5.75 Å². The van der Waals surface area contributed by atoms with Crippen molar-refractivity contribution in [2.75, 3.05) is 19.7 Å². The Morgan fingerprint density at radius 3 is 2.72 bits per heavy atom. The van der Waals surface area contributed by atoms with Crippen LogP contribution >= 0.6 is 0 Å². The van der Waals surface area contributed by atoms with E-state index in [1.54, 1.807) is 0 Å². The normalized spacial score (nSPS) is 12.1. The van der Waals surface area contributed by atoms with Gasteiger partial charge in [-0.15, -0.1) is 0 Å². The van der Waals surface area contributed by atoms with Gasteiger partial charge >= 0.3 is 5.97 Å². The zero-order chi connectivity index (χ0) is 13.2. The molecule has 1 rings (SSSR count). The Kier molecular flexibility index (Phi) is 6.83. The van der Waals surface area contributed by atoms with Crippen molar-refractivity contribution in [3.63, 3.8) is 0 Å². The zero-order valence-corrected chi connectivity index (χ0v) is 10.2. The van der Waals surface area contributed by atoms with Gasteiger partial charge in [0.2, 0.25) is 0 Å². The van der Waals surface area contributed by atoms with Gasteiger partial charge in [-0.2, -0.15) is 0 Å². The fourth-order valence-electron chi connectivity index (χ4n) is 1.45. The highest BCUT2D eigenvalue weighted by atomic mass is 16.5. The molecule has 0 radical (unpaired) electrons. The van der Waals surface area contributed by atoms with Gasteiger partial charge in [0.15, 0.2) is 0 Å². The van der Waals surface area contributed by atoms with E-state index in [0.717, 1.165) is 12.2 Å². The number of aliphatic hydroxyl groups is 1. The first kappa shape index (κ1) is 14.5. The summed E-state index contributed by atoms with van der Waals surface area (Å²) in [6.45, 7) is 1.56. The summed E-state index contributed by atoms with van der Waals surface area (Å²) in [5.41, 5.74) is 0. The maximum atomic E-state index is 10.3. The highest BCUT2D eigenvalue weighted by molar-refractivity contribution is 5.67. The van der Waals surface area contributed by atoms with Crippen LogP contribution in [0.4, 0.5) is 0 Å². The third kappa shape index (κ3) is 6.88. The zero-order valence-electron chi connectivity index (χ0n) is 10.2. The van der Waals surface area contributed by atoms with E-state index in [1.807, 2.05) is 30.3 Å². The molecule has 0 spiro atoms. The lowest BCUT2D eigenvalue weighted by atomic mass is 10.2. The molecule has 1 aromatic rings. The monoisotopic (exact) mass is 253 g/mol. The van der Waals surface area contributed by atoms with Gasteiger partial charge in [-0.3, -0.25) is 4.79 Å². The van der Waals surface area contributed by atoms with Crippen molar-refractivity contribution in [1.29, 1.82) is 0 Å². The second-order valence-electron chi connectivity index (χ2n) is 3.97. The minimum absolute atomic E-state index is 0.229. The Hall–Kier alpha value is -1.59. The molecular formula is C13H19NO4. The van der Waals surface area contributed by atoms with Crippen LogP contribution in [0.1, 0.15) is 12.8 Å². The number of aliphatic hydroxyl groups excluding tert-OH is 1. The SMILES string of the molecule is O=C(O)CC(O)CNCCCOc1ccccc1. The van der Waals surface area contributed by atoms with Crippen molar-refractivity contribution in [1.82, 2.24) is 5.32 Å². The molecule has 0 aromatic heterocycles. The van der Waals surface area contributed by atoms with Crippen molar-refractivity contribution < 1.29 is 19.7 Å². The molecular weight excluding hydrogens is 234 g/mol. The number of hydrogen-bond donors (Lipinski definition) is 3. The third-order valence-corrected chi connectivity index (χ3v) is 2.30. The number of carboxylic acid groups (broad SMARTS) is 1. The van der Waals surface area contributed by atoms with E-state index in [1.165, 1.54) is 0 Å². The molecule has 0 saturated heterocycles. The molecule has 0 aliphatic rings. The van der Waals surface area contributed by atoms with E-state index in [0.29, 0.717) is 13.2 Å². The summed E-state index contributed by atoms with van der Waals surface area (Å²) in [6, 6.07) is 9.54. The fourth-order valence-corrected chi connectivity index (χ4v) is 1.45. The first-order valence-electron chi connectivity index (χ1n) is 5.97. The van der Waals surface area contributed by atoms with Crippen molar-refractivity contribution in [3.8, 4) is 5.75 Å². The predicted molar refractivity (Wildman–Crippen MR) is 67.7 cm³/mol. The Morgan fingerprint density at radius 2 is 2.06 bits per heavy atom. The summed E-state index contributed by atoms with van der Waals surface area (Å²) < 4.78 is 5.48. The average Bonchev–Trinajstić information content (AvgIpc) is 2.34. The molecule has 1 aromatic carbocycles. The molecule has 3 N–H and O–H groups in total. The Labute approximate surface area is 106 Å². The van der Waals surface area contributed by atoms with Crippen LogP contribution < -0.4 is 10.1 Å². The van der Waals surface area contributed by atoms with Crippen LogP contribution in [-0.2, 0) is 4.79 Å². The number of carbonyl (C=O) groups is 1.